The Kier molecular flexibility index (Phi) is 4.96. The number of carboxylic acids is 1. The number of benzene rings is 1. The van der Waals surface area contributed by atoms with Crippen molar-refractivity contribution in [2.75, 3.05) is 5.43 Å². The molecule has 128 valence electrons. The van der Waals surface area contributed by atoms with Crippen LogP contribution >= 0.6 is 0 Å². The van der Waals surface area contributed by atoms with Crippen molar-refractivity contribution in [1.29, 1.82) is 0 Å². The zero-order valence-corrected chi connectivity index (χ0v) is 13.0. The molecule has 24 heavy (non-hydrogen) atoms. The Bertz CT molecular complexity index is 779. The predicted molar refractivity (Wildman–Crippen MR) is 82.0 cm³/mol. The summed E-state index contributed by atoms with van der Waals surface area (Å²) in [4.78, 5) is 11.0. The molecule has 8 heteroatoms. The number of anilines is 1. The molecule has 0 spiro atoms. The summed E-state index contributed by atoms with van der Waals surface area (Å²) < 4.78 is 38.9. The highest BCUT2D eigenvalue weighted by Gasteiger charge is 2.29. The van der Waals surface area contributed by atoms with Crippen molar-refractivity contribution in [3.05, 3.63) is 52.8 Å². The maximum absolute atomic E-state index is 12.6. The number of alkyl halides is 3. The highest BCUT2D eigenvalue weighted by atomic mass is 19.4. The molecule has 2 aromatic rings. The van der Waals surface area contributed by atoms with Gasteiger partial charge in [-0.2, -0.15) is 18.3 Å². The number of para-hydroxylation sites is 1. The van der Waals surface area contributed by atoms with Crippen molar-refractivity contribution in [3.63, 3.8) is 0 Å². The van der Waals surface area contributed by atoms with Gasteiger partial charge in [-0.25, -0.2) is 0 Å². The Morgan fingerprint density at radius 3 is 2.62 bits per heavy atom. The molecule has 2 rings (SSSR count). The summed E-state index contributed by atoms with van der Waals surface area (Å²) in [6, 6.07) is 7.62. The fourth-order valence-electron chi connectivity index (χ4n) is 2.31. The third-order valence-electron chi connectivity index (χ3n) is 3.49. The molecule has 0 atom stereocenters. The number of carbonyl (C=O) groups excluding carboxylic acids is 1. The Labute approximate surface area is 136 Å². The first-order chi connectivity index (χ1) is 11.2. The molecule has 1 N–H and O–H groups in total. The van der Waals surface area contributed by atoms with Crippen LogP contribution in [0.15, 0.2) is 35.4 Å². The molecule has 0 amide bonds. The molecule has 0 fully saturated rings. The van der Waals surface area contributed by atoms with E-state index in [-0.39, 0.29) is 11.3 Å². The van der Waals surface area contributed by atoms with Gasteiger partial charge in [0.15, 0.2) is 0 Å². The average Bonchev–Trinajstić information content (AvgIpc) is 2.74. The normalized spacial score (nSPS) is 11.9. The minimum absolute atomic E-state index is 0.0582. The van der Waals surface area contributed by atoms with Gasteiger partial charge in [0.25, 0.3) is 0 Å². The highest BCUT2D eigenvalue weighted by molar-refractivity contribution is 5.93. The van der Waals surface area contributed by atoms with Crippen LogP contribution in [0.5, 0.6) is 0 Å². The maximum Gasteiger partial charge on any atom is 0.406 e. The first-order valence-corrected chi connectivity index (χ1v) is 7.02. The van der Waals surface area contributed by atoms with Gasteiger partial charge in [-0.3, -0.25) is 5.43 Å². The molecule has 0 aliphatic carbocycles. The number of aromatic carboxylic acids is 1. The average molecular weight is 338 g/mol. The number of halogens is 3. The van der Waals surface area contributed by atoms with E-state index < -0.39 is 18.7 Å². The number of aryl methyl sites for hydroxylation is 1. The third kappa shape index (κ3) is 4.15. The lowest BCUT2D eigenvalue weighted by atomic mass is 10.2. The maximum atomic E-state index is 12.6. The molecular weight excluding hydrogens is 323 g/mol. The van der Waals surface area contributed by atoms with E-state index in [1.165, 1.54) is 18.3 Å². The van der Waals surface area contributed by atoms with Crippen molar-refractivity contribution in [2.45, 2.75) is 26.6 Å². The van der Waals surface area contributed by atoms with Crippen LogP contribution in [0.3, 0.4) is 0 Å². The van der Waals surface area contributed by atoms with Crippen molar-refractivity contribution in [2.24, 2.45) is 5.10 Å². The number of nitrogens with one attached hydrogen (secondary N) is 1. The lowest BCUT2D eigenvalue weighted by Gasteiger charge is -2.12. The van der Waals surface area contributed by atoms with Gasteiger partial charge in [-0.1, -0.05) is 18.2 Å². The van der Waals surface area contributed by atoms with Gasteiger partial charge in [0, 0.05) is 22.5 Å². The quantitative estimate of drug-likeness (QED) is 0.673. The number of hydrogen-bond donors (Lipinski definition) is 1. The van der Waals surface area contributed by atoms with E-state index in [9.17, 15) is 23.1 Å². The number of rotatable bonds is 5. The summed E-state index contributed by atoms with van der Waals surface area (Å²) in [7, 11) is 0. The van der Waals surface area contributed by atoms with Crippen molar-refractivity contribution in [1.82, 2.24) is 4.57 Å². The van der Waals surface area contributed by atoms with Crippen molar-refractivity contribution >= 4 is 17.9 Å². The van der Waals surface area contributed by atoms with Gasteiger partial charge in [0.2, 0.25) is 0 Å². The number of hydrazone groups is 1. The second kappa shape index (κ2) is 6.77. The van der Waals surface area contributed by atoms with E-state index in [0.29, 0.717) is 17.0 Å². The van der Waals surface area contributed by atoms with E-state index in [2.05, 4.69) is 10.5 Å². The predicted octanol–water partition coefficient (Wildman–Crippen LogP) is 2.48. The van der Waals surface area contributed by atoms with Gasteiger partial charge < -0.3 is 14.5 Å². The van der Waals surface area contributed by atoms with Gasteiger partial charge in [0.05, 0.1) is 17.9 Å². The molecule has 0 bridgehead atoms. The van der Waals surface area contributed by atoms with Crippen LogP contribution in [0.1, 0.15) is 27.3 Å². The number of aromatic nitrogens is 1. The van der Waals surface area contributed by atoms with Gasteiger partial charge in [-0.15, -0.1) is 0 Å². The molecule has 0 aliphatic heterocycles. The van der Waals surface area contributed by atoms with Crippen LogP contribution in [0.25, 0.3) is 0 Å². The Morgan fingerprint density at radius 1 is 1.33 bits per heavy atom. The second-order valence-electron chi connectivity index (χ2n) is 5.23. The fraction of sp³-hybridized carbons (Fsp3) is 0.250. The number of nitrogens with zero attached hydrogens (tertiary/aromatic N) is 2. The van der Waals surface area contributed by atoms with Crippen LogP contribution in [0.4, 0.5) is 18.9 Å². The first-order valence-electron chi connectivity index (χ1n) is 7.02. The number of carboxylic acid groups (broad SMARTS) is 1. The zero-order chi connectivity index (χ0) is 17.9. The second-order valence-corrected chi connectivity index (χ2v) is 5.23. The van der Waals surface area contributed by atoms with E-state index in [1.807, 2.05) is 0 Å². The van der Waals surface area contributed by atoms with Crippen LogP contribution in [0.2, 0.25) is 0 Å². The largest absolute Gasteiger partial charge is 0.545 e. The molecule has 0 radical (unpaired) electrons. The Hall–Kier alpha value is -2.77. The summed E-state index contributed by atoms with van der Waals surface area (Å²) in [5.41, 5.74) is 4.13. The Morgan fingerprint density at radius 2 is 2.00 bits per heavy atom. The summed E-state index contributed by atoms with van der Waals surface area (Å²) in [5.74, 6) is -1.35. The molecular formula is C16H15F3N3O2-. The van der Waals surface area contributed by atoms with E-state index in [1.54, 1.807) is 32.0 Å². The lowest BCUT2D eigenvalue weighted by Crippen LogP contribution is -2.23. The van der Waals surface area contributed by atoms with Gasteiger partial charge in [0.1, 0.15) is 6.54 Å². The highest BCUT2D eigenvalue weighted by Crippen LogP contribution is 2.22. The fourth-order valence-corrected chi connectivity index (χ4v) is 2.31. The Balaban J connectivity index is 2.19. The van der Waals surface area contributed by atoms with Crippen LogP contribution in [-0.2, 0) is 6.54 Å². The molecule has 0 saturated carbocycles. The van der Waals surface area contributed by atoms with Crippen molar-refractivity contribution in [3.8, 4) is 0 Å². The first kappa shape index (κ1) is 17.6. The summed E-state index contributed by atoms with van der Waals surface area (Å²) in [5, 5.41) is 14.9. The molecule has 0 unspecified atom stereocenters. The molecule has 0 saturated heterocycles. The SMILES string of the molecule is Cc1cc(/C=N\Nc2ccccc2C(=O)[O-])c(C)n1CC(F)(F)F. The van der Waals surface area contributed by atoms with Crippen molar-refractivity contribution < 1.29 is 23.1 Å². The number of hydrogen-bond acceptors (Lipinski definition) is 4. The smallest absolute Gasteiger partial charge is 0.406 e. The minimum Gasteiger partial charge on any atom is -0.545 e. The lowest BCUT2D eigenvalue weighted by molar-refractivity contribution is -0.254. The topological polar surface area (TPSA) is 69.4 Å². The van der Waals surface area contributed by atoms with Crippen LogP contribution in [0, 0.1) is 13.8 Å². The molecule has 1 heterocycles. The molecule has 1 aromatic heterocycles. The van der Waals surface area contributed by atoms with Gasteiger partial charge >= 0.3 is 6.18 Å². The molecule has 0 aliphatic rings. The van der Waals surface area contributed by atoms with E-state index in [4.69, 9.17) is 0 Å². The third-order valence-corrected chi connectivity index (χ3v) is 3.49. The minimum atomic E-state index is -4.31. The van der Waals surface area contributed by atoms with E-state index >= 15 is 0 Å². The van der Waals surface area contributed by atoms with Crippen LogP contribution < -0.4 is 10.5 Å². The molecule has 1 aromatic carbocycles. The summed E-state index contributed by atoms with van der Waals surface area (Å²) >= 11 is 0. The standard InChI is InChI=1S/C16H16F3N3O2/c1-10-7-12(11(2)22(10)9-16(17,18)19)8-20-21-14-6-4-3-5-13(14)15(23)24/h3-8,21H,9H2,1-2H3,(H,23,24)/p-1/b20-8-. The monoisotopic (exact) mass is 338 g/mol. The summed E-state index contributed by atoms with van der Waals surface area (Å²) in [6.45, 7) is 2.07. The number of carbonyl (C=O) groups is 1. The van der Waals surface area contributed by atoms with E-state index in [0.717, 1.165) is 4.57 Å². The zero-order valence-electron chi connectivity index (χ0n) is 13.0. The van der Waals surface area contributed by atoms with Gasteiger partial charge in [-0.05, 0) is 26.0 Å². The molecule has 5 nitrogen and oxygen atoms in total. The van der Waals surface area contributed by atoms with Crippen LogP contribution in [-0.4, -0.2) is 22.9 Å². The summed E-state index contributed by atoms with van der Waals surface area (Å²) in [6.07, 6.45) is -2.96.